The molecule has 0 unspecified atom stereocenters. The average Bonchev–Trinajstić information content (AvgIpc) is 2.78. The summed E-state index contributed by atoms with van der Waals surface area (Å²) in [7, 11) is -3.76. The Morgan fingerprint density at radius 2 is 1.74 bits per heavy atom. The molecule has 7 nitrogen and oxygen atoms in total. The molecule has 1 aliphatic heterocycles. The van der Waals surface area contributed by atoms with E-state index in [1.165, 1.54) is 16.4 Å². The van der Waals surface area contributed by atoms with Gasteiger partial charge < -0.3 is 14.8 Å². The van der Waals surface area contributed by atoms with Crippen molar-refractivity contribution in [2.24, 2.45) is 5.92 Å². The van der Waals surface area contributed by atoms with Crippen molar-refractivity contribution >= 4 is 15.9 Å². The molecular weight excluding hydrogens is 423 g/mol. The summed E-state index contributed by atoms with van der Waals surface area (Å²) in [4.78, 5) is 12.6. The van der Waals surface area contributed by atoms with Gasteiger partial charge >= 0.3 is 0 Å². The quantitative estimate of drug-likeness (QED) is 0.594. The number of hydrogen-bond acceptors (Lipinski definition) is 5. The Bertz CT molecular complexity index is 964. The number of piperidine rings is 1. The lowest BCUT2D eigenvalue weighted by atomic mass is 9.99. The molecule has 0 bridgehead atoms. The van der Waals surface area contributed by atoms with Crippen LogP contribution >= 0.6 is 0 Å². The van der Waals surface area contributed by atoms with E-state index in [1.54, 1.807) is 12.1 Å². The second-order valence-corrected chi connectivity index (χ2v) is 9.14. The van der Waals surface area contributed by atoms with Gasteiger partial charge in [0.25, 0.3) is 0 Å². The highest BCUT2D eigenvalue weighted by Gasteiger charge is 2.33. The summed E-state index contributed by atoms with van der Waals surface area (Å²) in [5, 5.41) is 2.81. The Morgan fingerprint density at radius 1 is 1.10 bits per heavy atom. The highest BCUT2D eigenvalue weighted by molar-refractivity contribution is 7.89. The Labute approximate surface area is 182 Å². The van der Waals surface area contributed by atoms with Crippen molar-refractivity contribution in [1.82, 2.24) is 9.62 Å². The fraction of sp³-hybridized carbons (Fsp3) is 0.409. The van der Waals surface area contributed by atoms with Gasteiger partial charge in [-0.15, -0.1) is 0 Å². The SMILES string of the molecule is CCOc1ccc(OCCNC(=O)[C@H]2CCCN(S(=O)(=O)c3ccc(F)cc3)C2)cc1. The third-order valence-electron chi connectivity index (χ3n) is 5.01. The van der Waals surface area contributed by atoms with Crippen molar-refractivity contribution in [3.05, 3.63) is 54.3 Å². The molecule has 9 heteroatoms. The summed E-state index contributed by atoms with van der Waals surface area (Å²) >= 11 is 0. The lowest BCUT2D eigenvalue weighted by molar-refractivity contribution is -0.126. The standard InChI is InChI=1S/C22H27FN2O5S/c1-2-29-19-7-9-20(10-8-19)30-15-13-24-22(26)17-4-3-14-25(16-17)31(27,28)21-11-5-18(23)6-12-21/h5-12,17H,2-4,13-16H2,1H3,(H,24,26)/t17-/m0/s1. The predicted octanol–water partition coefficient (Wildman–Crippen LogP) is 2.82. The van der Waals surface area contributed by atoms with E-state index in [2.05, 4.69) is 5.32 Å². The molecule has 1 amide bonds. The molecule has 2 aromatic carbocycles. The number of hydrogen-bond donors (Lipinski definition) is 1. The second kappa shape index (κ2) is 10.6. The molecular formula is C22H27FN2O5S. The topological polar surface area (TPSA) is 84.9 Å². The van der Waals surface area contributed by atoms with Gasteiger partial charge in [0.15, 0.2) is 0 Å². The number of nitrogens with one attached hydrogen (secondary N) is 1. The van der Waals surface area contributed by atoms with Crippen LogP contribution in [0.1, 0.15) is 19.8 Å². The van der Waals surface area contributed by atoms with Crippen LogP contribution in [0.2, 0.25) is 0 Å². The van der Waals surface area contributed by atoms with E-state index in [0.29, 0.717) is 44.9 Å². The van der Waals surface area contributed by atoms with Gasteiger partial charge in [-0.25, -0.2) is 12.8 Å². The highest BCUT2D eigenvalue weighted by Crippen LogP contribution is 2.24. The maximum absolute atomic E-state index is 13.1. The minimum absolute atomic E-state index is 0.0266. The molecule has 0 radical (unpaired) electrons. The fourth-order valence-electron chi connectivity index (χ4n) is 3.42. The maximum atomic E-state index is 13.1. The zero-order valence-corrected chi connectivity index (χ0v) is 18.2. The van der Waals surface area contributed by atoms with Gasteiger partial charge in [0.05, 0.1) is 24.0 Å². The fourth-order valence-corrected chi connectivity index (χ4v) is 4.94. The van der Waals surface area contributed by atoms with E-state index >= 15 is 0 Å². The maximum Gasteiger partial charge on any atom is 0.243 e. The number of halogens is 1. The zero-order chi connectivity index (χ0) is 22.3. The number of benzene rings is 2. The number of carbonyl (C=O) groups is 1. The molecule has 1 aliphatic rings. The van der Waals surface area contributed by atoms with Gasteiger partial charge in [0, 0.05) is 13.1 Å². The molecule has 0 aromatic heterocycles. The molecule has 1 N–H and O–H groups in total. The molecule has 31 heavy (non-hydrogen) atoms. The monoisotopic (exact) mass is 450 g/mol. The molecule has 3 rings (SSSR count). The van der Waals surface area contributed by atoms with E-state index in [-0.39, 0.29) is 17.3 Å². The van der Waals surface area contributed by atoms with Crippen LogP contribution in [-0.2, 0) is 14.8 Å². The smallest absolute Gasteiger partial charge is 0.243 e. The minimum Gasteiger partial charge on any atom is -0.494 e. The first-order valence-electron chi connectivity index (χ1n) is 10.3. The number of sulfonamides is 1. The normalized spacial score (nSPS) is 17.2. The van der Waals surface area contributed by atoms with Gasteiger partial charge in [-0.05, 0) is 68.3 Å². The van der Waals surface area contributed by atoms with Crippen molar-refractivity contribution in [2.45, 2.75) is 24.7 Å². The molecule has 1 atom stereocenters. The van der Waals surface area contributed by atoms with Crippen LogP contribution in [0, 0.1) is 11.7 Å². The molecule has 2 aromatic rings. The molecule has 0 saturated carbocycles. The molecule has 0 spiro atoms. The van der Waals surface area contributed by atoms with Crippen molar-refractivity contribution in [3.63, 3.8) is 0 Å². The molecule has 1 saturated heterocycles. The summed E-state index contributed by atoms with van der Waals surface area (Å²) in [6, 6.07) is 11.9. The average molecular weight is 451 g/mol. The lowest BCUT2D eigenvalue weighted by Gasteiger charge is -2.31. The van der Waals surface area contributed by atoms with E-state index in [0.717, 1.165) is 17.9 Å². The van der Waals surface area contributed by atoms with E-state index < -0.39 is 21.8 Å². The lowest BCUT2D eigenvalue weighted by Crippen LogP contribution is -2.45. The number of ether oxygens (including phenoxy) is 2. The van der Waals surface area contributed by atoms with Crippen molar-refractivity contribution < 1.29 is 27.1 Å². The second-order valence-electron chi connectivity index (χ2n) is 7.20. The zero-order valence-electron chi connectivity index (χ0n) is 17.4. The molecule has 1 heterocycles. The van der Waals surface area contributed by atoms with Crippen molar-refractivity contribution in [2.75, 3.05) is 32.8 Å². The highest BCUT2D eigenvalue weighted by atomic mass is 32.2. The van der Waals surface area contributed by atoms with Crippen LogP contribution in [0.4, 0.5) is 4.39 Å². The van der Waals surface area contributed by atoms with Crippen LogP contribution in [0.15, 0.2) is 53.4 Å². The van der Waals surface area contributed by atoms with Gasteiger partial charge in [-0.1, -0.05) is 0 Å². The number of amides is 1. The predicted molar refractivity (Wildman–Crippen MR) is 114 cm³/mol. The summed E-state index contributed by atoms with van der Waals surface area (Å²) in [6.45, 7) is 3.56. The summed E-state index contributed by atoms with van der Waals surface area (Å²) in [5.41, 5.74) is 0. The van der Waals surface area contributed by atoms with Crippen molar-refractivity contribution in [3.8, 4) is 11.5 Å². The van der Waals surface area contributed by atoms with Crippen LogP contribution < -0.4 is 14.8 Å². The third kappa shape index (κ3) is 6.18. The van der Waals surface area contributed by atoms with Gasteiger partial charge in [-0.3, -0.25) is 4.79 Å². The first-order valence-corrected chi connectivity index (χ1v) is 11.7. The van der Waals surface area contributed by atoms with E-state index in [4.69, 9.17) is 9.47 Å². The molecule has 1 fully saturated rings. The van der Waals surface area contributed by atoms with Gasteiger partial charge in [0.2, 0.25) is 15.9 Å². The molecule has 168 valence electrons. The molecule has 0 aliphatic carbocycles. The Kier molecular flexibility index (Phi) is 7.86. The Morgan fingerprint density at radius 3 is 2.39 bits per heavy atom. The summed E-state index contributed by atoms with van der Waals surface area (Å²) < 4.78 is 51.0. The number of nitrogens with zero attached hydrogens (tertiary/aromatic N) is 1. The number of carbonyl (C=O) groups excluding carboxylic acids is 1. The third-order valence-corrected chi connectivity index (χ3v) is 6.89. The summed E-state index contributed by atoms with van der Waals surface area (Å²) in [5.74, 6) is 0.304. The largest absolute Gasteiger partial charge is 0.494 e. The summed E-state index contributed by atoms with van der Waals surface area (Å²) in [6.07, 6.45) is 1.20. The number of rotatable bonds is 9. The Balaban J connectivity index is 1.47. The van der Waals surface area contributed by atoms with Crippen molar-refractivity contribution in [1.29, 1.82) is 0 Å². The van der Waals surface area contributed by atoms with Crippen LogP contribution in [0.5, 0.6) is 11.5 Å². The first-order chi connectivity index (χ1) is 14.9. The first kappa shape index (κ1) is 23.0. The van der Waals surface area contributed by atoms with Crippen LogP contribution in [0.3, 0.4) is 0 Å². The van der Waals surface area contributed by atoms with Gasteiger partial charge in [-0.2, -0.15) is 4.31 Å². The van der Waals surface area contributed by atoms with Crippen LogP contribution in [-0.4, -0.2) is 51.5 Å². The van der Waals surface area contributed by atoms with E-state index in [9.17, 15) is 17.6 Å². The minimum atomic E-state index is -3.76. The Hall–Kier alpha value is -2.65. The van der Waals surface area contributed by atoms with Crippen LogP contribution in [0.25, 0.3) is 0 Å². The van der Waals surface area contributed by atoms with Gasteiger partial charge in [0.1, 0.15) is 23.9 Å². The van der Waals surface area contributed by atoms with E-state index in [1.807, 2.05) is 19.1 Å².